The summed E-state index contributed by atoms with van der Waals surface area (Å²) in [6, 6.07) is 6.36. The Morgan fingerprint density at radius 1 is 1.33 bits per heavy atom. The largest absolute Gasteiger partial charge is 0.496 e. The third kappa shape index (κ3) is 5.05. The Bertz CT molecular complexity index is 456. The molecule has 0 aliphatic carbocycles. The first kappa shape index (κ1) is 17.5. The van der Waals surface area contributed by atoms with Crippen molar-refractivity contribution in [2.75, 3.05) is 26.7 Å². The third-order valence-electron chi connectivity index (χ3n) is 3.76. The van der Waals surface area contributed by atoms with Crippen molar-refractivity contribution in [1.82, 2.24) is 10.2 Å². The minimum atomic E-state index is 0.157. The van der Waals surface area contributed by atoms with E-state index in [9.17, 15) is 4.79 Å². The number of carbonyl (C=O) groups is 1. The molecule has 0 aromatic heterocycles. The van der Waals surface area contributed by atoms with Gasteiger partial charge in [-0.2, -0.15) is 0 Å². The van der Waals surface area contributed by atoms with Crippen molar-refractivity contribution in [3.63, 3.8) is 0 Å². The smallest absolute Gasteiger partial charge is 0.223 e. The first-order valence-electron chi connectivity index (χ1n) is 7.69. The molecule has 0 heterocycles. The number of aryl methyl sites for hydroxylation is 1. The summed E-state index contributed by atoms with van der Waals surface area (Å²) >= 11 is 0. The van der Waals surface area contributed by atoms with E-state index in [4.69, 9.17) is 4.74 Å². The molecule has 1 aromatic rings. The van der Waals surface area contributed by atoms with E-state index in [-0.39, 0.29) is 11.9 Å². The van der Waals surface area contributed by atoms with Crippen molar-refractivity contribution in [3.8, 4) is 5.75 Å². The number of methoxy groups -OCH3 is 1. The summed E-state index contributed by atoms with van der Waals surface area (Å²) in [5.41, 5.74) is 2.30. The van der Waals surface area contributed by atoms with Gasteiger partial charge in [0.15, 0.2) is 0 Å². The Kier molecular flexibility index (Phi) is 7.23. The van der Waals surface area contributed by atoms with E-state index >= 15 is 0 Å². The molecule has 21 heavy (non-hydrogen) atoms. The molecule has 0 bridgehead atoms. The number of hydrogen-bond donors (Lipinski definition) is 1. The molecule has 1 aromatic carbocycles. The molecule has 0 saturated heterocycles. The van der Waals surface area contributed by atoms with Gasteiger partial charge in [0.2, 0.25) is 5.91 Å². The van der Waals surface area contributed by atoms with E-state index in [0.29, 0.717) is 13.0 Å². The van der Waals surface area contributed by atoms with Crippen LogP contribution in [0.15, 0.2) is 18.2 Å². The molecule has 1 amide bonds. The van der Waals surface area contributed by atoms with Crippen molar-refractivity contribution in [1.29, 1.82) is 0 Å². The maximum atomic E-state index is 12.0. The van der Waals surface area contributed by atoms with Crippen LogP contribution in [0.3, 0.4) is 0 Å². The number of rotatable bonds is 8. The average molecular weight is 292 g/mol. The fraction of sp³-hybridized carbons (Fsp3) is 0.588. The highest BCUT2D eigenvalue weighted by molar-refractivity contribution is 5.76. The van der Waals surface area contributed by atoms with Crippen LogP contribution < -0.4 is 10.1 Å². The topological polar surface area (TPSA) is 41.6 Å². The van der Waals surface area contributed by atoms with E-state index in [2.05, 4.69) is 24.4 Å². The van der Waals surface area contributed by atoms with Gasteiger partial charge in [0.1, 0.15) is 5.75 Å². The molecule has 4 nitrogen and oxygen atoms in total. The quantitative estimate of drug-likeness (QED) is 0.801. The van der Waals surface area contributed by atoms with Gasteiger partial charge in [-0.25, -0.2) is 0 Å². The molecule has 118 valence electrons. The third-order valence-corrected chi connectivity index (χ3v) is 3.76. The van der Waals surface area contributed by atoms with Crippen LogP contribution >= 0.6 is 0 Å². The summed E-state index contributed by atoms with van der Waals surface area (Å²) < 4.78 is 5.43. The van der Waals surface area contributed by atoms with Crippen LogP contribution in [0.5, 0.6) is 5.75 Å². The number of amides is 1. The fourth-order valence-corrected chi connectivity index (χ4v) is 2.42. The maximum absolute atomic E-state index is 12.0. The van der Waals surface area contributed by atoms with E-state index in [1.807, 2.05) is 31.7 Å². The first-order valence-corrected chi connectivity index (χ1v) is 7.69. The van der Waals surface area contributed by atoms with Gasteiger partial charge in [-0.1, -0.05) is 12.1 Å². The standard InChI is InChI=1S/C17H28N2O2/c1-6-19(7-2)17(20)10-11-18-14(4)15-9-8-13(3)12-16(15)21-5/h8-9,12,14,18H,6-7,10-11H2,1-5H3. The molecule has 1 unspecified atom stereocenters. The van der Waals surface area contributed by atoms with Gasteiger partial charge >= 0.3 is 0 Å². The molecule has 0 fully saturated rings. The van der Waals surface area contributed by atoms with Crippen LogP contribution in [0.4, 0.5) is 0 Å². The maximum Gasteiger partial charge on any atom is 0.223 e. The van der Waals surface area contributed by atoms with E-state index in [1.165, 1.54) is 5.56 Å². The second-order valence-corrected chi connectivity index (χ2v) is 5.24. The first-order chi connectivity index (χ1) is 10.0. The predicted molar refractivity (Wildman–Crippen MR) is 86.7 cm³/mol. The summed E-state index contributed by atoms with van der Waals surface area (Å²) in [5.74, 6) is 1.10. The van der Waals surface area contributed by atoms with Crippen molar-refractivity contribution in [2.45, 2.75) is 40.2 Å². The lowest BCUT2D eigenvalue weighted by Gasteiger charge is -2.20. The Labute approximate surface area is 128 Å². The summed E-state index contributed by atoms with van der Waals surface area (Å²) in [4.78, 5) is 13.8. The lowest BCUT2D eigenvalue weighted by molar-refractivity contribution is -0.130. The monoisotopic (exact) mass is 292 g/mol. The minimum absolute atomic E-state index is 0.157. The van der Waals surface area contributed by atoms with E-state index < -0.39 is 0 Å². The van der Waals surface area contributed by atoms with Crippen molar-refractivity contribution in [3.05, 3.63) is 29.3 Å². The van der Waals surface area contributed by atoms with Crippen LogP contribution in [0, 0.1) is 6.92 Å². The highest BCUT2D eigenvalue weighted by Crippen LogP contribution is 2.25. The Hall–Kier alpha value is -1.55. The Morgan fingerprint density at radius 2 is 2.00 bits per heavy atom. The van der Waals surface area contributed by atoms with Gasteiger partial charge in [0, 0.05) is 37.7 Å². The highest BCUT2D eigenvalue weighted by atomic mass is 16.5. The molecular weight excluding hydrogens is 264 g/mol. The highest BCUT2D eigenvalue weighted by Gasteiger charge is 2.13. The Morgan fingerprint density at radius 3 is 2.57 bits per heavy atom. The lowest BCUT2D eigenvalue weighted by atomic mass is 10.0. The number of nitrogens with one attached hydrogen (secondary N) is 1. The van der Waals surface area contributed by atoms with Gasteiger partial charge in [-0.3, -0.25) is 4.79 Å². The molecular formula is C17H28N2O2. The summed E-state index contributed by atoms with van der Waals surface area (Å²) in [7, 11) is 1.69. The van der Waals surface area contributed by atoms with E-state index in [1.54, 1.807) is 7.11 Å². The van der Waals surface area contributed by atoms with E-state index in [0.717, 1.165) is 24.4 Å². The fourth-order valence-electron chi connectivity index (χ4n) is 2.42. The normalized spacial score (nSPS) is 12.0. The Balaban J connectivity index is 2.54. The number of carbonyl (C=O) groups excluding carboxylic acids is 1. The zero-order chi connectivity index (χ0) is 15.8. The van der Waals surface area contributed by atoms with Crippen LogP contribution in [-0.2, 0) is 4.79 Å². The van der Waals surface area contributed by atoms with Crippen LogP contribution in [0.25, 0.3) is 0 Å². The minimum Gasteiger partial charge on any atom is -0.496 e. The zero-order valence-corrected chi connectivity index (χ0v) is 13.9. The van der Waals surface area contributed by atoms with Crippen molar-refractivity contribution >= 4 is 5.91 Å². The zero-order valence-electron chi connectivity index (χ0n) is 13.9. The van der Waals surface area contributed by atoms with Gasteiger partial charge in [0.05, 0.1) is 7.11 Å². The summed E-state index contributed by atoms with van der Waals surface area (Å²) in [6.07, 6.45) is 0.528. The molecule has 0 aliphatic rings. The molecule has 0 spiro atoms. The molecule has 1 rings (SSSR count). The van der Waals surface area contributed by atoms with Gasteiger partial charge in [-0.05, 0) is 39.3 Å². The summed E-state index contributed by atoms with van der Waals surface area (Å²) in [6.45, 7) is 10.4. The number of nitrogens with zero attached hydrogens (tertiary/aromatic N) is 1. The SMILES string of the molecule is CCN(CC)C(=O)CCNC(C)c1ccc(C)cc1OC. The van der Waals surface area contributed by atoms with Crippen LogP contribution in [0.2, 0.25) is 0 Å². The number of benzene rings is 1. The van der Waals surface area contributed by atoms with Crippen molar-refractivity contribution in [2.24, 2.45) is 0 Å². The predicted octanol–water partition coefficient (Wildman–Crippen LogP) is 2.91. The molecule has 0 radical (unpaired) electrons. The van der Waals surface area contributed by atoms with Crippen LogP contribution in [-0.4, -0.2) is 37.6 Å². The number of hydrogen-bond acceptors (Lipinski definition) is 3. The van der Waals surface area contributed by atoms with Gasteiger partial charge < -0.3 is 15.0 Å². The summed E-state index contributed by atoms with van der Waals surface area (Å²) in [5, 5.41) is 3.40. The average Bonchev–Trinajstić information content (AvgIpc) is 2.48. The molecule has 0 saturated carbocycles. The van der Waals surface area contributed by atoms with Gasteiger partial charge in [0.25, 0.3) is 0 Å². The second-order valence-electron chi connectivity index (χ2n) is 5.24. The van der Waals surface area contributed by atoms with Crippen molar-refractivity contribution < 1.29 is 9.53 Å². The van der Waals surface area contributed by atoms with Crippen LogP contribution in [0.1, 0.15) is 44.4 Å². The molecule has 4 heteroatoms. The lowest BCUT2D eigenvalue weighted by Crippen LogP contribution is -2.33. The molecule has 0 aliphatic heterocycles. The second kappa shape index (κ2) is 8.67. The number of ether oxygens (including phenoxy) is 1. The molecule has 1 atom stereocenters. The molecule has 1 N–H and O–H groups in total. The van der Waals surface area contributed by atoms with Gasteiger partial charge in [-0.15, -0.1) is 0 Å².